The van der Waals surface area contributed by atoms with Crippen LogP contribution in [-0.2, 0) is 14.3 Å². The third-order valence-electron chi connectivity index (χ3n) is 4.04. The van der Waals surface area contributed by atoms with E-state index in [4.69, 9.17) is 4.74 Å². The number of carbonyl (C=O) groups is 2. The highest BCUT2D eigenvalue weighted by molar-refractivity contribution is 5.82. The predicted octanol–water partition coefficient (Wildman–Crippen LogP) is 1.25. The van der Waals surface area contributed by atoms with Crippen LogP contribution in [0.4, 0.5) is 0 Å². The van der Waals surface area contributed by atoms with E-state index in [1.807, 2.05) is 20.8 Å². The van der Waals surface area contributed by atoms with E-state index in [2.05, 4.69) is 5.32 Å². The molecule has 0 bridgehead atoms. The van der Waals surface area contributed by atoms with Crippen molar-refractivity contribution >= 4 is 11.9 Å². The maximum absolute atomic E-state index is 11.9. The van der Waals surface area contributed by atoms with E-state index in [9.17, 15) is 14.7 Å². The second-order valence-corrected chi connectivity index (χ2v) is 5.84. The highest BCUT2D eigenvalue weighted by atomic mass is 16.5. The number of hydrogen-bond acceptors (Lipinski definition) is 4. The molecule has 0 radical (unpaired) electrons. The van der Waals surface area contributed by atoms with E-state index in [0.717, 1.165) is 12.8 Å². The maximum Gasteiger partial charge on any atom is 0.324 e. The van der Waals surface area contributed by atoms with E-state index < -0.39 is 11.5 Å². The Morgan fingerprint density at radius 3 is 2.71 bits per heavy atom. The zero-order valence-electron chi connectivity index (χ0n) is 13.4. The van der Waals surface area contributed by atoms with Gasteiger partial charge in [0.05, 0.1) is 12.6 Å². The quantitative estimate of drug-likeness (QED) is 0.627. The van der Waals surface area contributed by atoms with Crippen LogP contribution in [0.3, 0.4) is 0 Å². The van der Waals surface area contributed by atoms with Gasteiger partial charge in [0.1, 0.15) is 5.54 Å². The van der Waals surface area contributed by atoms with Gasteiger partial charge in [0.2, 0.25) is 5.91 Å². The van der Waals surface area contributed by atoms with Crippen LogP contribution in [0.15, 0.2) is 0 Å². The molecule has 1 rings (SSSR count). The zero-order chi connectivity index (χ0) is 15.9. The summed E-state index contributed by atoms with van der Waals surface area (Å²) in [7, 11) is 0. The monoisotopic (exact) mass is 300 g/mol. The number of likely N-dealkylation sites (tertiary alicyclic amines) is 1. The molecule has 1 saturated heterocycles. The lowest BCUT2D eigenvalue weighted by molar-refractivity contribution is -0.150. The minimum atomic E-state index is -0.863. The molecule has 6 nitrogen and oxygen atoms in total. The van der Waals surface area contributed by atoms with Crippen LogP contribution in [0.2, 0.25) is 0 Å². The third-order valence-corrected chi connectivity index (χ3v) is 4.04. The third kappa shape index (κ3) is 4.97. The van der Waals surface area contributed by atoms with Crippen molar-refractivity contribution in [3.05, 3.63) is 0 Å². The largest absolute Gasteiger partial charge is 0.480 e. The summed E-state index contributed by atoms with van der Waals surface area (Å²) in [6, 6.07) is 0. The number of aliphatic carboxylic acids is 1. The molecule has 0 saturated carbocycles. The zero-order valence-corrected chi connectivity index (χ0v) is 13.4. The number of nitrogens with one attached hydrogen (secondary N) is 1. The highest BCUT2D eigenvalue weighted by Crippen LogP contribution is 2.32. The molecule has 1 aliphatic rings. The van der Waals surface area contributed by atoms with Gasteiger partial charge in [0.25, 0.3) is 0 Å². The molecule has 0 spiro atoms. The lowest BCUT2D eigenvalue weighted by atomic mass is 9.93. The molecule has 1 amide bonds. The lowest BCUT2D eigenvalue weighted by Crippen LogP contribution is -2.53. The van der Waals surface area contributed by atoms with Crippen molar-refractivity contribution in [2.45, 2.75) is 58.1 Å². The summed E-state index contributed by atoms with van der Waals surface area (Å²) in [6.07, 6.45) is 2.94. The number of nitrogens with zero attached hydrogens (tertiary/aromatic N) is 1. The Morgan fingerprint density at radius 1 is 1.43 bits per heavy atom. The van der Waals surface area contributed by atoms with Crippen LogP contribution in [0.5, 0.6) is 0 Å². The van der Waals surface area contributed by atoms with Gasteiger partial charge in [0.15, 0.2) is 0 Å². The summed E-state index contributed by atoms with van der Waals surface area (Å²) in [4.78, 5) is 25.3. The fraction of sp³-hybridized carbons (Fsp3) is 0.867. The Balaban J connectivity index is 2.35. The number of ether oxygens (including phenoxy) is 1. The van der Waals surface area contributed by atoms with Crippen molar-refractivity contribution in [1.29, 1.82) is 0 Å². The fourth-order valence-corrected chi connectivity index (χ4v) is 2.81. The minimum absolute atomic E-state index is 0.111. The maximum atomic E-state index is 11.9. The summed E-state index contributed by atoms with van der Waals surface area (Å²) in [6.45, 7) is 7.83. The van der Waals surface area contributed by atoms with Gasteiger partial charge < -0.3 is 15.2 Å². The van der Waals surface area contributed by atoms with Gasteiger partial charge in [-0.15, -0.1) is 0 Å². The number of rotatable bonds is 9. The summed E-state index contributed by atoms with van der Waals surface area (Å²) in [5.41, 5.74) is -0.863. The van der Waals surface area contributed by atoms with Crippen molar-refractivity contribution in [2.75, 3.05) is 26.2 Å². The summed E-state index contributed by atoms with van der Waals surface area (Å²) < 4.78 is 5.40. The van der Waals surface area contributed by atoms with Crippen molar-refractivity contribution < 1.29 is 19.4 Å². The first kappa shape index (κ1) is 17.9. The van der Waals surface area contributed by atoms with Crippen LogP contribution >= 0.6 is 0 Å². The van der Waals surface area contributed by atoms with Crippen molar-refractivity contribution in [2.24, 2.45) is 0 Å². The van der Waals surface area contributed by atoms with Crippen molar-refractivity contribution in [3.8, 4) is 0 Å². The molecule has 1 atom stereocenters. The molecular formula is C15H28N2O4. The van der Waals surface area contributed by atoms with Crippen LogP contribution < -0.4 is 5.32 Å². The first-order valence-electron chi connectivity index (χ1n) is 7.79. The molecule has 2 N–H and O–H groups in total. The summed E-state index contributed by atoms with van der Waals surface area (Å²) in [5, 5.41) is 12.3. The van der Waals surface area contributed by atoms with E-state index >= 15 is 0 Å². The Labute approximate surface area is 126 Å². The topological polar surface area (TPSA) is 78.9 Å². The smallest absolute Gasteiger partial charge is 0.324 e. The Bertz CT molecular complexity index is 360. The molecular weight excluding hydrogens is 272 g/mol. The molecule has 0 aromatic carbocycles. The molecule has 1 aliphatic heterocycles. The van der Waals surface area contributed by atoms with Gasteiger partial charge in [-0.2, -0.15) is 0 Å². The summed E-state index contributed by atoms with van der Waals surface area (Å²) >= 11 is 0. The Kier molecular flexibility index (Phi) is 7.11. The van der Waals surface area contributed by atoms with Crippen LogP contribution in [0.1, 0.15) is 46.5 Å². The SMILES string of the molecule is CCC1(C(=O)O)CCCN1CC(=O)NCCCOC(C)C. The molecule has 1 heterocycles. The molecule has 21 heavy (non-hydrogen) atoms. The molecule has 1 fully saturated rings. The van der Waals surface area contributed by atoms with E-state index in [1.165, 1.54) is 0 Å². The van der Waals surface area contributed by atoms with E-state index in [-0.39, 0.29) is 18.6 Å². The Hall–Kier alpha value is -1.14. The molecule has 1 unspecified atom stereocenters. The van der Waals surface area contributed by atoms with E-state index in [0.29, 0.717) is 32.5 Å². The fourth-order valence-electron chi connectivity index (χ4n) is 2.81. The predicted molar refractivity (Wildman–Crippen MR) is 80.2 cm³/mol. The average molecular weight is 300 g/mol. The molecule has 6 heteroatoms. The van der Waals surface area contributed by atoms with Gasteiger partial charge in [-0.1, -0.05) is 6.92 Å². The highest BCUT2D eigenvalue weighted by Gasteiger charge is 2.46. The first-order chi connectivity index (χ1) is 9.92. The van der Waals surface area contributed by atoms with Gasteiger partial charge in [-0.05, 0) is 46.1 Å². The van der Waals surface area contributed by atoms with Crippen LogP contribution in [0.25, 0.3) is 0 Å². The van der Waals surface area contributed by atoms with Gasteiger partial charge in [-0.3, -0.25) is 14.5 Å². The second-order valence-electron chi connectivity index (χ2n) is 5.84. The van der Waals surface area contributed by atoms with Gasteiger partial charge in [-0.25, -0.2) is 0 Å². The van der Waals surface area contributed by atoms with Crippen LogP contribution in [0, 0.1) is 0 Å². The Morgan fingerprint density at radius 2 is 2.14 bits per heavy atom. The summed E-state index contributed by atoms with van der Waals surface area (Å²) in [5.74, 6) is -0.929. The number of carboxylic acid groups (broad SMARTS) is 1. The second kappa shape index (κ2) is 8.34. The molecule has 0 aromatic heterocycles. The first-order valence-corrected chi connectivity index (χ1v) is 7.79. The number of hydrogen-bond donors (Lipinski definition) is 2. The van der Waals surface area contributed by atoms with Crippen molar-refractivity contribution in [3.63, 3.8) is 0 Å². The van der Waals surface area contributed by atoms with Gasteiger partial charge >= 0.3 is 5.97 Å². The van der Waals surface area contributed by atoms with Gasteiger partial charge in [0, 0.05) is 13.2 Å². The standard InChI is InChI=1S/C15H28N2O4/c1-4-15(14(19)20)7-5-9-17(15)11-13(18)16-8-6-10-21-12(2)3/h12H,4-11H2,1-3H3,(H,16,18)(H,19,20). The minimum Gasteiger partial charge on any atom is -0.480 e. The average Bonchev–Trinajstić information content (AvgIpc) is 2.81. The normalized spacial score (nSPS) is 22.7. The van der Waals surface area contributed by atoms with E-state index in [1.54, 1.807) is 4.90 Å². The molecule has 0 aromatic rings. The molecule has 0 aliphatic carbocycles. The van der Waals surface area contributed by atoms with Crippen LogP contribution in [-0.4, -0.2) is 59.8 Å². The number of carbonyl (C=O) groups excluding carboxylic acids is 1. The van der Waals surface area contributed by atoms with Crippen molar-refractivity contribution in [1.82, 2.24) is 10.2 Å². The molecule has 122 valence electrons. The number of carboxylic acids is 1. The lowest BCUT2D eigenvalue weighted by Gasteiger charge is -2.33. The number of amides is 1.